The fraction of sp³-hybridized carbons (Fsp3) is 0.250. The first-order chi connectivity index (χ1) is 13.3. The summed E-state index contributed by atoms with van der Waals surface area (Å²) in [6.07, 6.45) is -0.290. The molecule has 3 rings (SSSR count). The molecule has 0 spiro atoms. The van der Waals surface area contributed by atoms with Gasteiger partial charge in [-0.05, 0) is 30.5 Å². The number of benzene rings is 1. The summed E-state index contributed by atoms with van der Waals surface area (Å²) in [5.74, 6) is -1.61. The van der Waals surface area contributed by atoms with Crippen molar-refractivity contribution in [1.29, 1.82) is 0 Å². The summed E-state index contributed by atoms with van der Waals surface area (Å²) in [6.45, 7) is 1.54. The molecule has 3 aromatic rings. The smallest absolute Gasteiger partial charge is 0.306 e. The van der Waals surface area contributed by atoms with Crippen molar-refractivity contribution in [2.75, 3.05) is 14.2 Å². The number of carbonyl (C=O) groups is 1. The number of aromatic amines is 1. The minimum absolute atomic E-state index is 0.159. The van der Waals surface area contributed by atoms with Crippen LogP contribution in [0.25, 0.3) is 10.9 Å². The van der Waals surface area contributed by atoms with E-state index in [2.05, 4.69) is 4.98 Å². The van der Waals surface area contributed by atoms with Crippen LogP contribution in [0.4, 0.5) is 0 Å². The maximum atomic E-state index is 12.7. The zero-order chi connectivity index (χ0) is 20.4. The number of aryl methyl sites for hydroxylation is 1. The van der Waals surface area contributed by atoms with Gasteiger partial charge >= 0.3 is 5.97 Å². The number of aromatic hydroxyl groups is 1. The normalized spacial score (nSPS) is 12.0. The summed E-state index contributed by atoms with van der Waals surface area (Å²) in [7, 11) is 2.73. The number of esters is 1. The minimum Gasteiger partial charge on any atom is -0.502 e. The molecule has 0 saturated heterocycles. The van der Waals surface area contributed by atoms with Crippen molar-refractivity contribution in [2.24, 2.45) is 0 Å². The van der Waals surface area contributed by atoms with Gasteiger partial charge in [0, 0.05) is 17.7 Å². The van der Waals surface area contributed by atoms with Gasteiger partial charge in [-0.25, -0.2) is 0 Å². The van der Waals surface area contributed by atoms with E-state index in [1.54, 1.807) is 24.3 Å². The van der Waals surface area contributed by atoms with Gasteiger partial charge in [0.2, 0.25) is 11.2 Å². The third-order valence-electron chi connectivity index (χ3n) is 4.44. The molecule has 2 aromatic heterocycles. The predicted molar refractivity (Wildman–Crippen MR) is 101 cm³/mol. The maximum Gasteiger partial charge on any atom is 0.306 e. The highest BCUT2D eigenvalue weighted by Crippen LogP contribution is 2.33. The summed E-state index contributed by atoms with van der Waals surface area (Å²) >= 11 is 0. The zero-order valence-corrected chi connectivity index (χ0v) is 15.6. The number of fused-ring (bicyclic) bond motifs is 1. The van der Waals surface area contributed by atoms with Crippen LogP contribution in [0.1, 0.15) is 29.4 Å². The standard InChI is InChI=1S/C20H19NO7/c1-10-6-16(22)18(24)19(28-10)13(9-17(23)27-3)14-7-11-4-5-12(26-2)8-15(11)21-20(14)25/h4-8,13,24H,9H2,1-3H3,(H,21,25). The van der Waals surface area contributed by atoms with Gasteiger partial charge in [-0.1, -0.05) is 0 Å². The molecule has 1 unspecified atom stereocenters. The van der Waals surface area contributed by atoms with Crippen molar-refractivity contribution in [3.8, 4) is 11.5 Å². The Kier molecular flexibility index (Phi) is 5.21. The van der Waals surface area contributed by atoms with Crippen LogP contribution < -0.4 is 15.7 Å². The molecule has 0 bridgehead atoms. The molecule has 8 nitrogen and oxygen atoms in total. The molecular weight excluding hydrogens is 366 g/mol. The maximum absolute atomic E-state index is 12.7. The second-order valence-electron chi connectivity index (χ2n) is 6.27. The first kappa shape index (κ1) is 19.2. The van der Waals surface area contributed by atoms with Crippen molar-refractivity contribution in [1.82, 2.24) is 4.98 Å². The van der Waals surface area contributed by atoms with Gasteiger partial charge in [-0.3, -0.25) is 14.4 Å². The molecule has 0 fully saturated rings. The lowest BCUT2D eigenvalue weighted by Gasteiger charge is -2.17. The molecule has 0 aliphatic rings. The van der Waals surface area contributed by atoms with Crippen molar-refractivity contribution in [3.05, 3.63) is 68.0 Å². The van der Waals surface area contributed by atoms with Crippen molar-refractivity contribution in [2.45, 2.75) is 19.3 Å². The van der Waals surface area contributed by atoms with Gasteiger partial charge < -0.3 is 24.0 Å². The lowest BCUT2D eigenvalue weighted by molar-refractivity contribution is -0.140. The number of hydrogen-bond donors (Lipinski definition) is 2. The Hall–Kier alpha value is -3.55. The topological polar surface area (TPSA) is 119 Å². The van der Waals surface area contributed by atoms with Crippen LogP contribution in [0.2, 0.25) is 0 Å². The monoisotopic (exact) mass is 385 g/mol. The molecule has 0 aliphatic carbocycles. The molecule has 146 valence electrons. The van der Waals surface area contributed by atoms with E-state index in [9.17, 15) is 19.5 Å². The van der Waals surface area contributed by atoms with E-state index in [-0.39, 0.29) is 23.5 Å². The molecule has 28 heavy (non-hydrogen) atoms. The van der Waals surface area contributed by atoms with E-state index >= 15 is 0 Å². The number of ether oxygens (including phenoxy) is 2. The second-order valence-corrected chi connectivity index (χ2v) is 6.27. The van der Waals surface area contributed by atoms with Crippen molar-refractivity contribution < 1.29 is 23.8 Å². The summed E-state index contributed by atoms with van der Waals surface area (Å²) in [5, 5.41) is 10.9. The van der Waals surface area contributed by atoms with Crippen LogP contribution in [0.3, 0.4) is 0 Å². The fourth-order valence-corrected chi connectivity index (χ4v) is 3.04. The van der Waals surface area contributed by atoms with Gasteiger partial charge in [0.1, 0.15) is 11.5 Å². The number of H-pyrrole nitrogens is 1. The quantitative estimate of drug-likeness (QED) is 0.646. The Morgan fingerprint density at radius 2 is 1.96 bits per heavy atom. The Morgan fingerprint density at radius 1 is 1.21 bits per heavy atom. The van der Waals surface area contributed by atoms with Gasteiger partial charge in [0.15, 0.2) is 5.76 Å². The highest BCUT2D eigenvalue weighted by Gasteiger charge is 2.28. The van der Waals surface area contributed by atoms with Crippen molar-refractivity contribution in [3.63, 3.8) is 0 Å². The highest BCUT2D eigenvalue weighted by molar-refractivity contribution is 5.81. The predicted octanol–water partition coefficient (Wildman–Crippen LogP) is 2.20. The first-order valence-electron chi connectivity index (χ1n) is 8.45. The molecule has 0 saturated carbocycles. The summed E-state index contributed by atoms with van der Waals surface area (Å²) in [4.78, 5) is 39.4. The number of pyridine rings is 1. The Bertz CT molecular complexity index is 1160. The molecule has 8 heteroatoms. The molecule has 1 atom stereocenters. The highest BCUT2D eigenvalue weighted by atomic mass is 16.5. The SMILES string of the molecule is COC(=O)CC(c1oc(C)cc(=O)c1O)c1cc2ccc(OC)cc2[nH]c1=O. The number of hydrogen-bond acceptors (Lipinski definition) is 7. The van der Waals surface area contributed by atoms with Crippen LogP contribution in [0.15, 0.2) is 44.3 Å². The summed E-state index contributed by atoms with van der Waals surface area (Å²) in [6, 6.07) is 7.85. The van der Waals surface area contributed by atoms with Crippen LogP contribution in [-0.2, 0) is 9.53 Å². The Labute approximate surface area is 159 Å². The Balaban J connectivity index is 2.24. The first-order valence-corrected chi connectivity index (χ1v) is 8.45. The number of nitrogens with one attached hydrogen (secondary N) is 1. The van der Waals surface area contributed by atoms with Gasteiger partial charge in [-0.2, -0.15) is 0 Å². The number of methoxy groups -OCH3 is 2. The van der Waals surface area contributed by atoms with Gasteiger partial charge in [-0.15, -0.1) is 0 Å². The average Bonchev–Trinajstić information content (AvgIpc) is 2.68. The van der Waals surface area contributed by atoms with E-state index in [0.29, 0.717) is 16.7 Å². The van der Waals surface area contributed by atoms with Crippen LogP contribution in [0, 0.1) is 6.92 Å². The molecule has 1 aromatic carbocycles. The number of carbonyl (C=O) groups excluding carboxylic acids is 1. The van der Waals surface area contributed by atoms with Crippen LogP contribution in [0.5, 0.6) is 11.5 Å². The lowest BCUT2D eigenvalue weighted by atomic mass is 9.92. The van der Waals surface area contributed by atoms with Crippen LogP contribution in [-0.4, -0.2) is 30.3 Å². The zero-order valence-electron chi connectivity index (χ0n) is 15.6. The molecular formula is C20H19NO7. The third kappa shape index (κ3) is 3.62. The second kappa shape index (κ2) is 7.59. The van der Waals surface area contributed by atoms with E-state index in [1.165, 1.54) is 21.1 Å². The van der Waals surface area contributed by atoms with Crippen molar-refractivity contribution >= 4 is 16.9 Å². The third-order valence-corrected chi connectivity index (χ3v) is 4.44. The lowest BCUT2D eigenvalue weighted by Crippen LogP contribution is -2.21. The van der Waals surface area contributed by atoms with E-state index in [0.717, 1.165) is 6.07 Å². The number of rotatable bonds is 5. The summed E-state index contributed by atoms with van der Waals surface area (Å²) in [5.41, 5.74) is -0.444. The van der Waals surface area contributed by atoms with Gasteiger partial charge in [0.05, 0.1) is 32.1 Å². The summed E-state index contributed by atoms with van der Waals surface area (Å²) < 4.78 is 15.4. The minimum atomic E-state index is -1.00. The molecule has 2 heterocycles. The molecule has 0 aliphatic heterocycles. The molecule has 0 amide bonds. The van der Waals surface area contributed by atoms with E-state index < -0.39 is 28.6 Å². The average molecular weight is 385 g/mol. The van der Waals surface area contributed by atoms with E-state index in [4.69, 9.17) is 13.9 Å². The fourth-order valence-electron chi connectivity index (χ4n) is 3.04. The number of aromatic nitrogens is 1. The molecule has 0 radical (unpaired) electrons. The van der Waals surface area contributed by atoms with Crippen LogP contribution >= 0.6 is 0 Å². The Morgan fingerprint density at radius 3 is 2.64 bits per heavy atom. The largest absolute Gasteiger partial charge is 0.502 e. The van der Waals surface area contributed by atoms with Gasteiger partial charge in [0.25, 0.3) is 5.56 Å². The molecule has 2 N–H and O–H groups in total. The van der Waals surface area contributed by atoms with E-state index in [1.807, 2.05) is 0 Å².